The van der Waals surface area contributed by atoms with Crippen molar-refractivity contribution >= 4 is 0 Å². The summed E-state index contributed by atoms with van der Waals surface area (Å²) in [5.74, 6) is -58.7. The molecule has 3 atom stereocenters. The molecule has 23 heteroatoms. The average Bonchev–Trinajstić information content (AvgIpc) is 2.83. The number of nitrogens with zero attached hydrogens (tertiary/aromatic N) is 1. The van der Waals surface area contributed by atoms with Gasteiger partial charge in [-0.05, 0) is 0 Å². The molecule has 0 aliphatic carbocycles. The predicted molar refractivity (Wildman–Crippen MR) is 82.0 cm³/mol. The highest BCUT2D eigenvalue weighted by Gasteiger charge is 2.92. The van der Waals surface area contributed by atoms with Crippen molar-refractivity contribution in [2.45, 2.75) is 60.7 Å². The van der Waals surface area contributed by atoms with Crippen LogP contribution < -0.4 is 4.74 Å². The monoisotopic (exact) mass is 637 g/mol. The van der Waals surface area contributed by atoms with E-state index >= 15 is 0 Å². The molecule has 1 rings (SSSR count). The molecule has 0 saturated heterocycles. The van der Waals surface area contributed by atoms with E-state index in [9.17, 15) is 92.2 Å². The average molecular weight is 637 g/mol. The first-order chi connectivity index (χ1) is 17.6. The molecule has 0 N–H and O–H groups in total. The van der Waals surface area contributed by atoms with Crippen LogP contribution in [0, 0.1) is 34.6 Å². The van der Waals surface area contributed by atoms with Crippen molar-refractivity contribution in [3.63, 3.8) is 0 Å². The first-order valence-electron chi connectivity index (χ1n) is 9.04. The largest absolute Gasteiger partial charge is 0.471 e. The zero-order valence-corrected chi connectivity index (χ0v) is 17.6. The lowest BCUT2D eigenvalue weighted by molar-refractivity contribution is -0.450. The molecule has 0 saturated carbocycles. The second-order valence-corrected chi connectivity index (χ2v) is 7.24. The van der Waals surface area contributed by atoms with Crippen LogP contribution in [0.1, 0.15) is 5.56 Å². The van der Waals surface area contributed by atoms with Gasteiger partial charge in [0.25, 0.3) is 6.43 Å². The van der Waals surface area contributed by atoms with E-state index in [-0.39, 0.29) is 0 Å². The van der Waals surface area contributed by atoms with E-state index in [2.05, 4.69) is 4.74 Å². The van der Waals surface area contributed by atoms with Crippen LogP contribution in [0.5, 0.6) is 5.75 Å². The van der Waals surface area contributed by atoms with Gasteiger partial charge in [-0.2, -0.15) is 66.7 Å². The number of rotatable bonds is 11. The maximum absolute atomic E-state index is 13.8. The van der Waals surface area contributed by atoms with E-state index in [0.717, 1.165) is 0 Å². The number of ether oxygens (including phenoxy) is 1. The van der Waals surface area contributed by atoms with Crippen molar-refractivity contribution < 1.29 is 96.9 Å². The zero-order valence-electron chi connectivity index (χ0n) is 17.6. The fraction of sp³-hybridized carbons (Fsp3) is 0.588. The van der Waals surface area contributed by atoms with Crippen LogP contribution in [0.3, 0.4) is 0 Å². The van der Waals surface area contributed by atoms with Gasteiger partial charge in [0.1, 0.15) is 11.6 Å². The van der Waals surface area contributed by atoms with Crippen molar-refractivity contribution in [3.8, 4) is 11.8 Å². The maximum Gasteiger partial charge on any atom is 0.471 e. The third kappa shape index (κ3) is 4.90. The van der Waals surface area contributed by atoms with Crippen molar-refractivity contribution in [2.75, 3.05) is 0 Å². The molecule has 3 unspecified atom stereocenters. The van der Waals surface area contributed by atoms with Crippen LogP contribution in [-0.4, -0.2) is 60.7 Å². The highest BCUT2D eigenvalue weighted by Crippen LogP contribution is 2.61. The molecule has 0 heterocycles. The van der Waals surface area contributed by atoms with Crippen molar-refractivity contribution in [1.29, 1.82) is 5.26 Å². The Morgan fingerprint density at radius 1 is 0.550 bits per heavy atom. The Morgan fingerprint density at radius 2 is 0.925 bits per heavy atom. The lowest BCUT2D eigenvalue weighted by atomic mass is 9.90. The Labute approximate surface area is 204 Å². The Bertz CT molecular complexity index is 1110. The fourth-order valence-electron chi connectivity index (χ4n) is 2.45. The molecule has 0 spiro atoms. The summed E-state index contributed by atoms with van der Waals surface area (Å²) >= 11 is 0. The van der Waals surface area contributed by atoms with E-state index in [1.54, 1.807) is 0 Å². The maximum atomic E-state index is 13.8. The van der Waals surface area contributed by atoms with Crippen molar-refractivity contribution in [3.05, 3.63) is 28.8 Å². The summed E-state index contributed by atoms with van der Waals surface area (Å²) in [6.45, 7) is 0. The molecule has 2 nitrogen and oxygen atoms in total. The SMILES string of the molecule is N#Cc1c(F)c(F)c(OC(F)(F)C(F)(F)C(F)(F)C(F)(F)C(F)(F)C(F)(F)C(F)C(F)C(F)C(F)F)c(F)c1F. The minimum Gasteiger partial charge on any atom is -0.421 e. The predicted octanol–water partition coefficient (Wildman–Crippen LogP) is 7.54. The fourth-order valence-corrected chi connectivity index (χ4v) is 2.45. The van der Waals surface area contributed by atoms with E-state index < -0.39 is 95.2 Å². The van der Waals surface area contributed by atoms with Gasteiger partial charge in [-0.1, -0.05) is 0 Å². The van der Waals surface area contributed by atoms with Gasteiger partial charge in [0.2, 0.25) is 23.6 Å². The molecular weight excluding hydrogens is 633 g/mol. The molecule has 0 aromatic heterocycles. The molecule has 1 aromatic carbocycles. The van der Waals surface area contributed by atoms with Crippen LogP contribution in [0.25, 0.3) is 0 Å². The second kappa shape index (κ2) is 10.5. The van der Waals surface area contributed by atoms with Crippen molar-refractivity contribution in [1.82, 2.24) is 0 Å². The minimum atomic E-state index is -8.74. The highest BCUT2D eigenvalue weighted by molar-refractivity contribution is 5.41. The van der Waals surface area contributed by atoms with Gasteiger partial charge < -0.3 is 4.74 Å². The highest BCUT2D eigenvalue weighted by atomic mass is 19.4. The van der Waals surface area contributed by atoms with Crippen LogP contribution >= 0.6 is 0 Å². The van der Waals surface area contributed by atoms with Gasteiger partial charge in [-0.25, -0.2) is 30.7 Å². The Morgan fingerprint density at radius 3 is 1.27 bits per heavy atom. The summed E-state index contributed by atoms with van der Waals surface area (Å²) in [5.41, 5.74) is -2.33. The summed E-state index contributed by atoms with van der Waals surface area (Å²) in [5, 5.41) is 8.27. The summed E-state index contributed by atoms with van der Waals surface area (Å²) in [6.07, 6.45) is -28.7. The summed E-state index contributed by atoms with van der Waals surface area (Å²) in [6, 6.07) is 0.353. The van der Waals surface area contributed by atoms with E-state index in [4.69, 9.17) is 5.26 Å². The van der Waals surface area contributed by atoms with Gasteiger partial charge >= 0.3 is 35.7 Å². The summed E-state index contributed by atoms with van der Waals surface area (Å²) in [4.78, 5) is 0. The van der Waals surface area contributed by atoms with Gasteiger partial charge in [0.15, 0.2) is 24.0 Å². The number of hydrogen-bond acceptors (Lipinski definition) is 2. The van der Waals surface area contributed by atoms with E-state index in [1.165, 1.54) is 0 Å². The molecule has 0 amide bonds. The van der Waals surface area contributed by atoms with E-state index in [1.807, 2.05) is 0 Å². The number of halogens is 21. The first kappa shape index (κ1) is 35.1. The summed E-state index contributed by atoms with van der Waals surface area (Å²) in [7, 11) is 0. The molecule has 0 fully saturated rings. The van der Waals surface area contributed by atoms with Crippen LogP contribution in [0.4, 0.5) is 92.2 Å². The number of hydrogen-bond donors (Lipinski definition) is 0. The standard InChI is InChI=1S/C17H4F21NO/c18-3-2(1-39)4(19)6(21)9(5(3)20)40-17(37,38)16(35,36)15(33,34)14(31,32)13(29,30)12(27,28)10(24)7(22)8(23)11(25)26/h7-8,10-11H. The third-order valence-corrected chi connectivity index (χ3v) is 4.70. The number of alkyl halides is 17. The van der Waals surface area contributed by atoms with Crippen LogP contribution in [0.2, 0.25) is 0 Å². The minimum absolute atomic E-state index is 0.353. The van der Waals surface area contributed by atoms with Gasteiger partial charge in [-0.3, -0.25) is 0 Å². The molecule has 230 valence electrons. The number of benzene rings is 1. The normalized spacial score (nSPS) is 16.5. The number of nitriles is 1. The smallest absolute Gasteiger partial charge is 0.421 e. The molecule has 40 heavy (non-hydrogen) atoms. The first-order valence-corrected chi connectivity index (χ1v) is 9.04. The van der Waals surface area contributed by atoms with Crippen LogP contribution in [-0.2, 0) is 0 Å². The van der Waals surface area contributed by atoms with Crippen molar-refractivity contribution in [2.24, 2.45) is 0 Å². The van der Waals surface area contributed by atoms with Gasteiger partial charge in [-0.15, -0.1) is 0 Å². The van der Waals surface area contributed by atoms with E-state index in [0.29, 0.717) is 6.07 Å². The molecule has 0 aliphatic heterocycles. The van der Waals surface area contributed by atoms with Gasteiger partial charge in [0.05, 0.1) is 0 Å². The Hall–Kier alpha value is -2.96. The molecule has 0 radical (unpaired) electrons. The molecular formula is C17H4F21NO. The topological polar surface area (TPSA) is 33.0 Å². The third-order valence-electron chi connectivity index (χ3n) is 4.70. The molecule has 0 aliphatic rings. The Kier molecular flexibility index (Phi) is 9.17. The lowest BCUT2D eigenvalue weighted by Crippen LogP contribution is -2.73. The van der Waals surface area contributed by atoms with Gasteiger partial charge in [0, 0.05) is 0 Å². The Balaban J connectivity index is 3.68. The molecule has 1 aromatic rings. The lowest BCUT2D eigenvalue weighted by Gasteiger charge is -2.41. The molecule has 0 bridgehead atoms. The summed E-state index contributed by atoms with van der Waals surface area (Å²) < 4.78 is 284. The quantitative estimate of drug-likeness (QED) is 0.186. The second-order valence-electron chi connectivity index (χ2n) is 7.24. The zero-order chi connectivity index (χ0) is 32.2. The van der Waals surface area contributed by atoms with Crippen LogP contribution in [0.15, 0.2) is 0 Å².